The summed E-state index contributed by atoms with van der Waals surface area (Å²) < 4.78 is 23.1. The highest BCUT2D eigenvalue weighted by molar-refractivity contribution is 7.91. The molecule has 2 heterocycles. The van der Waals surface area contributed by atoms with Crippen LogP contribution in [0.15, 0.2) is 12.1 Å². The summed E-state index contributed by atoms with van der Waals surface area (Å²) in [6, 6.07) is 3.87. The normalized spacial score (nSPS) is 23.4. The molecule has 0 saturated carbocycles. The van der Waals surface area contributed by atoms with Crippen LogP contribution in [0, 0.1) is 12.8 Å². The number of amides is 1. The van der Waals surface area contributed by atoms with Crippen LogP contribution in [0.3, 0.4) is 0 Å². The molecule has 120 valence electrons. The first-order valence-electron chi connectivity index (χ1n) is 7.66. The van der Waals surface area contributed by atoms with E-state index in [1.54, 1.807) is 0 Å². The van der Waals surface area contributed by atoms with E-state index >= 15 is 0 Å². The van der Waals surface area contributed by atoms with Crippen molar-refractivity contribution in [1.29, 1.82) is 0 Å². The highest BCUT2D eigenvalue weighted by Crippen LogP contribution is 2.35. The third-order valence-corrected chi connectivity index (χ3v) is 6.88. The van der Waals surface area contributed by atoms with Crippen LogP contribution in [-0.4, -0.2) is 32.4 Å². The Balaban J connectivity index is 1.82. The Hall–Kier alpha value is -1.07. The average Bonchev–Trinajstić information content (AvgIpc) is 2.81. The van der Waals surface area contributed by atoms with Crippen LogP contribution >= 0.6 is 11.6 Å². The van der Waals surface area contributed by atoms with Crippen LogP contribution in [-0.2, 0) is 21.1 Å². The molecule has 22 heavy (non-hydrogen) atoms. The molecule has 1 fully saturated rings. The number of hydrogen-bond acceptors (Lipinski definition) is 3. The third-order valence-electron chi connectivity index (χ3n) is 4.64. The van der Waals surface area contributed by atoms with Gasteiger partial charge in [0, 0.05) is 18.0 Å². The minimum Gasteiger partial charge on any atom is -0.312 e. The van der Waals surface area contributed by atoms with Gasteiger partial charge in [0.15, 0.2) is 9.84 Å². The van der Waals surface area contributed by atoms with Gasteiger partial charge in [-0.15, -0.1) is 0 Å². The topological polar surface area (TPSA) is 54.5 Å². The molecule has 1 aromatic rings. The summed E-state index contributed by atoms with van der Waals surface area (Å²) in [6.45, 7) is 2.62. The van der Waals surface area contributed by atoms with Gasteiger partial charge in [-0.3, -0.25) is 4.79 Å². The number of fused-ring (bicyclic) bond motifs is 1. The van der Waals surface area contributed by atoms with E-state index in [0.717, 1.165) is 29.7 Å². The van der Waals surface area contributed by atoms with Crippen molar-refractivity contribution in [3.05, 3.63) is 28.3 Å². The summed E-state index contributed by atoms with van der Waals surface area (Å²) in [5, 5.41) is 0.668. The van der Waals surface area contributed by atoms with Crippen molar-refractivity contribution in [2.75, 3.05) is 23.0 Å². The maximum Gasteiger partial charge on any atom is 0.227 e. The number of aryl methyl sites for hydroxylation is 1. The number of halogens is 1. The van der Waals surface area contributed by atoms with Gasteiger partial charge < -0.3 is 4.90 Å². The third kappa shape index (κ3) is 3.01. The summed E-state index contributed by atoms with van der Waals surface area (Å²) in [7, 11) is -2.94. The summed E-state index contributed by atoms with van der Waals surface area (Å²) in [6.07, 6.45) is 2.80. The van der Waals surface area contributed by atoms with E-state index in [2.05, 4.69) is 0 Å². The maximum atomic E-state index is 12.7. The predicted molar refractivity (Wildman–Crippen MR) is 88.2 cm³/mol. The van der Waals surface area contributed by atoms with Crippen molar-refractivity contribution >= 4 is 33.0 Å². The first-order chi connectivity index (χ1) is 10.4. The second kappa shape index (κ2) is 5.85. The van der Waals surface area contributed by atoms with Crippen molar-refractivity contribution in [3.63, 3.8) is 0 Å². The lowest BCUT2D eigenvalue weighted by Crippen LogP contribution is -2.37. The molecule has 2 aliphatic heterocycles. The molecule has 0 aromatic heterocycles. The van der Waals surface area contributed by atoms with Crippen LogP contribution < -0.4 is 4.90 Å². The van der Waals surface area contributed by atoms with Gasteiger partial charge >= 0.3 is 0 Å². The molecule has 6 heteroatoms. The monoisotopic (exact) mass is 341 g/mol. The van der Waals surface area contributed by atoms with E-state index in [4.69, 9.17) is 11.6 Å². The molecule has 0 radical (unpaired) electrons. The van der Waals surface area contributed by atoms with Crippen LogP contribution in [0.1, 0.15) is 30.4 Å². The number of sulfone groups is 1. The Labute approximate surface area is 136 Å². The van der Waals surface area contributed by atoms with Gasteiger partial charge in [-0.2, -0.15) is 0 Å². The molecule has 3 rings (SSSR count). The minimum atomic E-state index is -2.94. The van der Waals surface area contributed by atoms with Crippen LogP contribution in [0.5, 0.6) is 0 Å². The number of rotatable bonds is 2. The Bertz CT molecular complexity index is 714. The zero-order chi connectivity index (χ0) is 15.9. The molecular weight excluding hydrogens is 322 g/mol. The highest BCUT2D eigenvalue weighted by Gasteiger charge is 2.32. The molecular formula is C16H20ClNO3S. The quantitative estimate of drug-likeness (QED) is 0.831. The average molecular weight is 342 g/mol. The number of benzene rings is 1. The number of nitrogens with zero attached hydrogens (tertiary/aromatic N) is 1. The summed E-state index contributed by atoms with van der Waals surface area (Å²) in [5.41, 5.74) is 3.02. The summed E-state index contributed by atoms with van der Waals surface area (Å²) in [4.78, 5) is 14.5. The first-order valence-corrected chi connectivity index (χ1v) is 9.86. The standard InChI is InChI=1S/C16H20ClNO3S/c1-11-14(17)5-4-13-3-2-7-18(16(11)13)15(19)9-12-6-8-22(20,21)10-12/h4-5,12H,2-3,6-10H2,1H3. The first kappa shape index (κ1) is 15.8. The van der Waals surface area contributed by atoms with Gasteiger partial charge in [0.1, 0.15) is 0 Å². The molecule has 0 N–H and O–H groups in total. The van der Waals surface area contributed by atoms with E-state index in [-0.39, 0.29) is 23.3 Å². The van der Waals surface area contributed by atoms with E-state index in [0.29, 0.717) is 24.4 Å². The Morgan fingerprint density at radius 1 is 1.41 bits per heavy atom. The fraction of sp³-hybridized carbons (Fsp3) is 0.562. The Kier molecular flexibility index (Phi) is 4.21. The lowest BCUT2D eigenvalue weighted by Gasteiger charge is -2.32. The molecule has 1 aromatic carbocycles. The summed E-state index contributed by atoms with van der Waals surface area (Å²) >= 11 is 6.21. The van der Waals surface area contributed by atoms with Gasteiger partial charge in [-0.25, -0.2) is 8.42 Å². The van der Waals surface area contributed by atoms with E-state index < -0.39 is 9.84 Å². The Morgan fingerprint density at radius 3 is 2.86 bits per heavy atom. The molecule has 1 amide bonds. The highest BCUT2D eigenvalue weighted by atomic mass is 35.5. The number of carbonyl (C=O) groups is 1. The van der Waals surface area contributed by atoms with E-state index in [9.17, 15) is 13.2 Å². The van der Waals surface area contributed by atoms with Gasteiger partial charge in [0.2, 0.25) is 5.91 Å². The largest absolute Gasteiger partial charge is 0.312 e. The van der Waals surface area contributed by atoms with E-state index in [1.807, 2.05) is 24.0 Å². The fourth-order valence-corrected chi connectivity index (χ4v) is 5.50. The lowest BCUT2D eigenvalue weighted by atomic mass is 9.96. The minimum absolute atomic E-state index is 0.0217. The molecule has 2 aliphatic rings. The SMILES string of the molecule is Cc1c(Cl)ccc2c1N(C(=O)CC1CCS(=O)(=O)C1)CCC2. The van der Waals surface area contributed by atoms with Crippen molar-refractivity contribution in [2.24, 2.45) is 5.92 Å². The van der Waals surface area contributed by atoms with Crippen LogP contribution in [0.25, 0.3) is 0 Å². The fourth-order valence-electron chi connectivity index (χ4n) is 3.49. The van der Waals surface area contributed by atoms with Crippen molar-refractivity contribution in [1.82, 2.24) is 0 Å². The second-order valence-corrected chi connectivity index (χ2v) is 8.94. The van der Waals surface area contributed by atoms with Gasteiger partial charge in [-0.1, -0.05) is 17.7 Å². The van der Waals surface area contributed by atoms with Gasteiger partial charge in [0.05, 0.1) is 17.2 Å². The second-order valence-electron chi connectivity index (χ2n) is 6.30. The number of carbonyl (C=O) groups excluding carboxylic acids is 1. The molecule has 1 saturated heterocycles. The zero-order valence-electron chi connectivity index (χ0n) is 12.6. The lowest BCUT2D eigenvalue weighted by molar-refractivity contribution is -0.119. The number of anilines is 1. The van der Waals surface area contributed by atoms with Crippen LogP contribution in [0.2, 0.25) is 5.02 Å². The molecule has 1 atom stereocenters. The van der Waals surface area contributed by atoms with Gasteiger partial charge in [-0.05, 0) is 49.3 Å². The molecule has 0 bridgehead atoms. The van der Waals surface area contributed by atoms with Crippen molar-refractivity contribution in [3.8, 4) is 0 Å². The zero-order valence-corrected chi connectivity index (χ0v) is 14.2. The predicted octanol–water partition coefficient (Wildman–Crippen LogP) is 2.75. The molecule has 4 nitrogen and oxygen atoms in total. The Morgan fingerprint density at radius 2 is 2.18 bits per heavy atom. The number of hydrogen-bond donors (Lipinski definition) is 0. The summed E-state index contributed by atoms with van der Waals surface area (Å²) in [5.74, 6) is 0.344. The van der Waals surface area contributed by atoms with Crippen molar-refractivity contribution in [2.45, 2.75) is 32.6 Å². The molecule has 1 unspecified atom stereocenters. The van der Waals surface area contributed by atoms with Crippen LogP contribution in [0.4, 0.5) is 5.69 Å². The maximum absolute atomic E-state index is 12.7. The van der Waals surface area contributed by atoms with Gasteiger partial charge in [0.25, 0.3) is 0 Å². The van der Waals surface area contributed by atoms with Crippen molar-refractivity contribution < 1.29 is 13.2 Å². The molecule has 0 aliphatic carbocycles. The smallest absolute Gasteiger partial charge is 0.227 e. The molecule has 0 spiro atoms. The van der Waals surface area contributed by atoms with E-state index in [1.165, 1.54) is 0 Å².